The molecule has 0 bridgehead atoms. The van der Waals surface area contributed by atoms with Crippen LogP contribution in [0, 0.1) is 11.8 Å². The highest BCUT2D eigenvalue weighted by Gasteiger charge is 2.24. The van der Waals surface area contributed by atoms with Gasteiger partial charge in [-0.1, -0.05) is 54.5 Å². The molecule has 0 spiro atoms. The van der Waals surface area contributed by atoms with E-state index >= 15 is 0 Å². The van der Waals surface area contributed by atoms with Gasteiger partial charge in [-0.05, 0) is 47.7 Å². The Hall–Kier alpha value is -3.88. The highest BCUT2D eigenvalue weighted by atomic mass is 16.2. The fourth-order valence-corrected chi connectivity index (χ4v) is 3.98. The Morgan fingerprint density at radius 3 is 2.65 bits per heavy atom. The van der Waals surface area contributed by atoms with E-state index in [1.807, 2.05) is 59.5 Å². The summed E-state index contributed by atoms with van der Waals surface area (Å²) < 4.78 is 0. The molecule has 2 heterocycles. The number of carbonyl (C=O) groups excluding carboxylic acids is 1. The number of hydrogen-bond acceptors (Lipinski definition) is 3. The molecule has 5 heteroatoms. The van der Waals surface area contributed by atoms with E-state index in [1.54, 1.807) is 0 Å². The summed E-state index contributed by atoms with van der Waals surface area (Å²) in [5.74, 6) is 6.48. The van der Waals surface area contributed by atoms with Gasteiger partial charge in [0, 0.05) is 35.6 Å². The molecule has 0 radical (unpaired) electrons. The highest BCUT2D eigenvalue weighted by Crippen LogP contribution is 2.23. The molecule has 1 unspecified atom stereocenters. The lowest BCUT2D eigenvalue weighted by molar-refractivity contribution is 0.0791. The van der Waals surface area contributed by atoms with Crippen molar-refractivity contribution >= 4 is 16.8 Å². The number of hydrogen-bond donors (Lipinski definition) is 2. The van der Waals surface area contributed by atoms with Crippen LogP contribution in [0.3, 0.4) is 0 Å². The summed E-state index contributed by atoms with van der Waals surface area (Å²) in [7, 11) is 0. The van der Waals surface area contributed by atoms with E-state index < -0.39 is 0 Å². The van der Waals surface area contributed by atoms with Gasteiger partial charge in [0.1, 0.15) is 5.69 Å². The second kappa shape index (κ2) is 8.10. The monoisotopic (exact) mass is 406 g/mol. The van der Waals surface area contributed by atoms with Crippen molar-refractivity contribution in [3.8, 4) is 23.0 Å². The van der Waals surface area contributed by atoms with Crippen LogP contribution in [0.4, 0.5) is 0 Å². The summed E-state index contributed by atoms with van der Waals surface area (Å²) in [4.78, 5) is 14.7. The molecule has 5 rings (SSSR count). The number of carbonyl (C=O) groups is 1. The minimum atomic E-state index is 0.00406. The van der Waals surface area contributed by atoms with Gasteiger partial charge in [0.25, 0.3) is 5.91 Å². The summed E-state index contributed by atoms with van der Waals surface area (Å²) in [5, 5.41) is 8.24. The van der Waals surface area contributed by atoms with Crippen molar-refractivity contribution in [3.05, 3.63) is 89.6 Å². The van der Waals surface area contributed by atoms with Gasteiger partial charge in [0.15, 0.2) is 0 Å². The number of fused-ring (bicyclic) bond motifs is 1. The van der Waals surface area contributed by atoms with Gasteiger partial charge >= 0.3 is 0 Å². The topological polar surface area (TPSA) is 75.0 Å². The normalized spacial score (nSPS) is 15.6. The lowest BCUT2D eigenvalue weighted by Crippen LogP contribution is -2.31. The second-order valence-corrected chi connectivity index (χ2v) is 7.79. The molecule has 1 fully saturated rings. The predicted molar refractivity (Wildman–Crippen MR) is 122 cm³/mol. The van der Waals surface area contributed by atoms with Crippen LogP contribution in [0.1, 0.15) is 28.0 Å². The van der Waals surface area contributed by atoms with Crippen molar-refractivity contribution in [2.45, 2.75) is 12.5 Å². The molecule has 3 N–H and O–H groups in total. The average Bonchev–Trinajstić information content (AvgIpc) is 3.43. The molecule has 1 aromatic heterocycles. The molecule has 4 aromatic rings. The van der Waals surface area contributed by atoms with E-state index in [0.717, 1.165) is 34.0 Å². The number of rotatable bonds is 2. The number of nitrogens with one attached hydrogen (secondary N) is 1. The van der Waals surface area contributed by atoms with Gasteiger partial charge in [-0.15, -0.1) is 0 Å². The van der Waals surface area contributed by atoms with Gasteiger partial charge in [-0.2, -0.15) is 5.10 Å². The lowest BCUT2D eigenvalue weighted by Gasteiger charge is -2.15. The van der Waals surface area contributed by atoms with E-state index in [0.29, 0.717) is 24.3 Å². The fraction of sp³-hybridized carbons (Fsp3) is 0.154. The second-order valence-electron chi connectivity index (χ2n) is 7.79. The first-order valence-electron chi connectivity index (χ1n) is 10.4. The first-order valence-corrected chi connectivity index (χ1v) is 10.4. The molecule has 152 valence electrons. The van der Waals surface area contributed by atoms with Gasteiger partial charge in [-0.3, -0.25) is 9.89 Å². The molecular formula is C26H22N4O. The quantitative estimate of drug-likeness (QED) is 0.497. The van der Waals surface area contributed by atoms with Crippen LogP contribution in [0.25, 0.3) is 22.0 Å². The third-order valence-electron chi connectivity index (χ3n) is 5.65. The van der Waals surface area contributed by atoms with Crippen LogP contribution in [0.2, 0.25) is 0 Å². The fourth-order valence-electron chi connectivity index (χ4n) is 3.98. The number of aromatic amines is 1. The van der Waals surface area contributed by atoms with Crippen LogP contribution in [-0.2, 0) is 0 Å². The maximum absolute atomic E-state index is 12.9. The number of amides is 1. The van der Waals surface area contributed by atoms with Crippen molar-refractivity contribution in [2.24, 2.45) is 5.73 Å². The zero-order valence-electron chi connectivity index (χ0n) is 17.0. The van der Waals surface area contributed by atoms with Gasteiger partial charge in [-0.25, -0.2) is 0 Å². The Morgan fingerprint density at radius 2 is 1.84 bits per heavy atom. The number of H-pyrrole nitrogens is 1. The van der Waals surface area contributed by atoms with E-state index in [-0.39, 0.29) is 11.9 Å². The molecule has 0 saturated carbocycles. The number of benzene rings is 3. The first kappa shape index (κ1) is 19.1. The average molecular weight is 406 g/mol. The number of aromatic nitrogens is 2. The number of nitrogens with zero attached hydrogens (tertiary/aromatic N) is 2. The third-order valence-corrected chi connectivity index (χ3v) is 5.65. The SMILES string of the molecule is NC1CCN(C(=O)c2ccc3[nH]nc(C#Cc4ccccc4-c4ccccc4)c3c2)C1. The molecule has 31 heavy (non-hydrogen) atoms. The molecule has 1 amide bonds. The van der Waals surface area contributed by atoms with E-state index in [9.17, 15) is 4.79 Å². The molecule has 1 saturated heterocycles. The van der Waals surface area contributed by atoms with Crippen molar-refractivity contribution in [1.29, 1.82) is 0 Å². The zero-order valence-corrected chi connectivity index (χ0v) is 17.0. The van der Waals surface area contributed by atoms with Crippen LogP contribution in [0.15, 0.2) is 72.8 Å². The third kappa shape index (κ3) is 3.81. The van der Waals surface area contributed by atoms with Crippen LogP contribution < -0.4 is 5.73 Å². The highest BCUT2D eigenvalue weighted by molar-refractivity contribution is 5.99. The minimum Gasteiger partial charge on any atom is -0.337 e. The summed E-state index contributed by atoms with van der Waals surface area (Å²) in [6.07, 6.45) is 0.844. The summed E-state index contributed by atoms with van der Waals surface area (Å²) in [6.45, 7) is 1.30. The van der Waals surface area contributed by atoms with Crippen LogP contribution >= 0.6 is 0 Å². The first-order chi connectivity index (χ1) is 15.2. The largest absolute Gasteiger partial charge is 0.337 e. The lowest BCUT2D eigenvalue weighted by atomic mass is 10.00. The Labute approximate surface area is 180 Å². The number of likely N-dealkylation sites (tertiary alicyclic amines) is 1. The van der Waals surface area contributed by atoms with E-state index in [4.69, 9.17) is 5.73 Å². The molecular weight excluding hydrogens is 384 g/mol. The van der Waals surface area contributed by atoms with E-state index in [2.05, 4.69) is 40.2 Å². The molecule has 1 aliphatic rings. The predicted octanol–water partition coefficient (Wildman–Crippen LogP) is 3.80. The van der Waals surface area contributed by atoms with Crippen LogP contribution in [0.5, 0.6) is 0 Å². The Balaban J connectivity index is 1.49. The van der Waals surface area contributed by atoms with Crippen LogP contribution in [-0.4, -0.2) is 40.1 Å². The van der Waals surface area contributed by atoms with Gasteiger partial charge in [0.05, 0.1) is 5.52 Å². The smallest absolute Gasteiger partial charge is 0.253 e. The van der Waals surface area contributed by atoms with Gasteiger partial charge < -0.3 is 10.6 Å². The summed E-state index contributed by atoms with van der Waals surface area (Å²) in [6, 6.07) is 23.9. The zero-order chi connectivity index (χ0) is 21.2. The van der Waals surface area contributed by atoms with Crippen molar-refractivity contribution in [2.75, 3.05) is 13.1 Å². The molecule has 5 nitrogen and oxygen atoms in total. The molecule has 1 aliphatic heterocycles. The van der Waals surface area contributed by atoms with Crippen molar-refractivity contribution in [3.63, 3.8) is 0 Å². The Morgan fingerprint density at radius 1 is 1.03 bits per heavy atom. The Bertz CT molecular complexity index is 1310. The standard InChI is InChI=1S/C26H22N4O/c27-21-14-15-30(17-21)26(31)20-11-13-25-23(16-20)24(28-29-25)12-10-19-8-4-5-9-22(19)18-6-2-1-3-7-18/h1-9,11,13,16,21H,14-15,17,27H2,(H,28,29). The molecule has 3 aromatic carbocycles. The maximum atomic E-state index is 12.9. The van der Waals surface area contributed by atoms with E-state index in [1.165, 1.54) is 0 Å². The molecule has 0 aliphatic carbocycles. The van der Waals surface area contributed by atoms with Crippen molar-refractivity contribution in [1.82, 2.24) is 15.1 Å². The minimum absolute atomic E-state index is 0.00406. The maximum Gasteiger partial charge on any atom is 0.253 e. The number of nitrogens with two attached hydrogens (primary N) is 1. The summed E-state index contributed by atoms with van der Waals surface area (Å²) >= 11 is 0. The summed E-state index contributed by atoms with van der Waals surface area (Å²) in [5.41, 5.74) is 11.2. The van der Waals surface area contributed by atoms with Crippen molar-refractivity contribution < 1.29 is 4.79 Å². The Kier molecular flexibility index (Phi) is 4.99. The van der Waals surface area contributed by atoms with Gasteiger partial charge in [0.2, 0.25) is 0 Å². The molecule has 1 atom stereocenters.